The third-order valence-electron chi connectivity index (χ3n) is 3.19. The number of nitrogens with one attached hydrogen (secondary N) is 2. The first-order valence-corrected chi connectivity index (χ1v) is 7.56. The quantitative estimate of drug-likeness (QED) is 0.696. The fourth-order valence-corrected chi connectivity index (χ4v) is 2.94. The Balaban J connectivity index is 1.66. The third-order valence-corrected chi connectivity index (χ3v) is 4.16. The summed E-state index contributed by atoms with van der Waals surface area (Å²) < 4.78 is 6.44. The molecule has 1 heterocycles. The fourth-order valence-electron chi connectivity index (χ4n) is 2.06. The van der Waals surface area contributed by atoms with Crippen LogP contribution >= 0.6 is 11.3 Å². The lowest BCUT2D eigenvalue weighted by molar-refractivity contribution is 0.419. The molecular weight excluding hydrogens is 282 g/mol. The molecule has 3 rings (SSSR count). The van der Waals surface area contributed by atoms with E-state index in [0.717, 1.165) is 26.8 Å². The molecule has 2 aromatic carbocycles. The summed E-state index contributed by atoms with van der Waals surface area (Å²) in [5, 5.41) is 7.49. The number of rotatable bonds is 5. The predicted molar refractivity (Wildman–Crippen MR) is 89.5 cm³/mol. The number of thiazole rings is 1. The summed E-state index contributed by atoms with van der Waals surface area (Å²) in [7, 11) is 1.67. The van der Waals surface area contributed by atoms with Gasteiger partial charge in [-0.15, -0.1) is 0 Å². The van der Waals surface area contributed by atoms with Gasteiger partial charge in [0.05, 0.1) is 18.5 Å². The third kappa shape index (κ3) is 3.08. The summed E-state index contributed by atoms with van der Waals surface area (Å²) in [6.45, 7) is 2.71. The molecule has 108 valence electrons. The van der Waals surface area contributed by atoms with E-state index in [9.17, 15) is 0 Å². The zero-order valence-electron chi connectivity index (χ0n) is 12.0. The number of anilines is 2. The summed E-state index contributed by atoms with van der Waals surface area (Å²) in [6.07, 6.45) is 0. The van der Waals surface area contributed by atoms with Crippen molar-refractivity contribution in [3.8, 4) is 5.75 Å². The van der Waals surface area contributed by atoms with Crippen LogP contribution in [0.3, 0.4) is 0 Å². The molecule has 0 atom stereocenters. The minimum atomic E-state index is 0.630. The molecule has 0 unspecified atom stereocenters. The fraction of sp³-hybridized carbons (Fsp3) is 0.188. The van der Waals surface area contributed by atoms with E-state index in [4.69, 9.17) is 4.74 Å². The molecular formula is C16H17N3OS. The van der Waals surface area contributed by atoms with Crippen molar-refractivity contribution in [3.63, 3.8) is 0 Å². The monoisotopic (exact) mass is 299 g/mol. The molecule has 1 aromatic heterocycles. The molecule has 0 aliphatic rings. The smallest absolute Gasteiger partial charge is 0.185 e. The highest BCUT2D eigenvalue weighted by Crippen LogP contribution is 2.31. The number of methoxy groups -OCH3 is 1. The van der Waals surface area contributed by atoms with Crippen LogP contribution in [0.25, 0.3) is 10.2 Å². The average molecular weight is 299 g/mol. The second kappa shape index (κ2) is 6.01. The van der Waals surface area contributed by atoms with Crippen molar-refractivity contribution >= 4 is 32.4 Å². The van der Waals surface area contributed by atoms with Crippen molar-refractivity contribution in [2.75, 3.05) is 24.4 Å². The van der Waals surface area contributed by atoms with Gasteiger partial charge in [0.2, 0.25) is 0 Å². The Morgan fingerprint density at radius 3 is 2.67 bits per heavy atom. The largest absolute Gasteiger partial charge is 0.494 e. The zero-order chi connectivity index (χ0) is 14.7. The van der Waals surface area contributed by atoms with Crippen LogP contribution < -0.4 is 15.4 Å². The van der Waals surface area contributed by atoms with Crippen molar-refractivity contribution in [1.29, 1.82) is 0 Å². The van der Waals surface area contributed by atoms with Gasteiger partial charge in [-0.1, -0.05) is 35.1 Å². The molecule has 0 radical (unpaired) electrons. The number of para-hydroxylation sites is 1. The van der Waals surface area contributed by atoms with Crippen LogP contribution in [0.2, 0.25) is 0 Å². The van der Waals surface area contributed by atoms with Gasteiger partial charge in [-0.05, 0) is 31.2 Å². The van der Waals surface area contributed by atoms with E-state index in [-0.39, 0.29) is 0 Å². The number of hydrogen-bond acceptors (Lipinski definition) is 5. The van der Waals surface area contributed by atoms with Gasteiger partial charge in [0.25, 0.3) is 0 Å². The van der Waals surface area contributed by atoms with Gasteiger partial charge in [0.15, 0.2) is 5.13 Å². The number of aromatic nitrogens is 1. The lowest BCUT2D eigenvalue weighted by atomic mass is 10.2. The Hall–Kier alpha value is -2.27. The predicted octanol–water partition coefficient (Wildman–Crippen LogP) is 4.09. The first-order valence-electron chi connectivity index (χ1n) is 6.74. The van der Waals surface area contributed by atoms with Crippen molar-refractivity contribution in [2.45, 2.75) is 6.92 Å². The van der Waals surface area contributed by atoms with E-state index in [1.165, 1.54) is 5.56 Å². The number of benzene rings is 2. The second-order valence-electron chi connectivity index (χ2n) is 4.72. The number of hydrogen-bond donors (Lipinski definition) is 2. The van der Waals surface area contributed by atoms with Crippen LogP contribution in [0.5, 0.6) is 5.75 Å². The lowest BCUT2D eigenvalue weighted by Crippen LogP contribution is -2.11. The number of aryl methyl sites for hydroxylation is 1. The summed E-state index contributed by atoms with van der Waals surface area (Å²) in [5.74, 6) is 0.809. The van der Waals surface area contributed by atoms with Gasteiger partial charge in [0, 0.05) is 5.69 Å². The highest BCUT2D eigenvalue weighted by Gasteiger charge is 2.07. The van der Waals surface area contributed by atoms with Crippen molar-refractivity contribution < 1.29 is 4.74 Å². The zero-order valence-corrected chi connectivity index (χ0v) is 12.8. The minimum Gasteiger partial charge on any atom is -0.494 e. The van der Waals surface area contributed by atoms with Crippen LogP contribution in [0, 0.1) is 6.92 Å². The van der Waals surface area contributed by atoms with Crippen LogP contribution in [0.1, 0.15) is 5.56 Å². The molecule has 0 bridgehead atoms. The molecule has 0 fully saturated rings. The molecule has 0 aliphatic carbocycles. The normalized spacial score (nSPS) is 10.6. The number of fused-ring (bicyclic) bond motifs is 1. The van der Waals surface area contributed by atoms with Crippen molar-refractivity contribution in [1.82, 2.24) is 4.98 Å². The molecule has 4 nitrogen and oxygen atoms in total. The first kappa shape index (κ1) is 13.7. The molecule has 0 amide bonds. The van der Waals surface area contributed by atoms with Gasteiger partial charge in [0.1, 0.15) is 11.3 Å². The van der Waals surface area contributed by atoms with Crippen LogP contribution in [0.4, 0.5) is 10.8 Å². The summed E-state index contributed by atoms with van der Waals surface area (Å²) in [4.78, 5) is 4.57. The number of ether oxygens (including phenoxy) is 1. The van der Waals surface area contributed by atoms with Gasteiger partial charge >= 0.3 is 0 Å². The van der Waals surface area contributed by atoms with Crippen LogP contribution in [-0.4, -0.2) is 18.8 Å². The van der Waals surface area contributed by atoms with Crippen LogP contribution in [0.15, 0.2) is 42.5 Å². The van der Waals surface area contributed by atoms with E-state index < -0.39 is 0 Å². The maximum Gasteiger partial charge on any atom is 0.185 e. The van der Waals surface area contributed by atoms with Crippen LogP contribution in [-0.2, 0) is 0 Å². The average Bonchev–Trinajstić information content (AvgIpc) is 2.92. The molecule has 0 saturated carbocycles. The van der Waals surface area contributed by atoms with Gasteiger partial charge in [-0.2, -0.15) is 0 Å². The Morgan fingerprint density at radius 1 is 1.10 bits per heavy atom. The number of nitrogens with zero attached hydrogens (tertiary/aromatic N) is 1. The van der Waals surface area contributed by atoms with Gasteiger partial charge < -0.3 is 15.4 Å². The summed E-state index contributed by atoms with van der Waals surface area (Å²) >= 11 is 1.62. The highest BCUT2D eigenvalue weighted by molar-refractivity contribution is 7.22. The molecule has 0 saturated heterocycles. The summed E-state index contributed by atoms with van der Waals surface area (Å²) in [5.41, 5.74) is 3.25. The standard InChI is InChI=1S/C16H17N3OS/c1-11-6-8-12(9-7-11)17-10-18-16-19-15-13(20-2)4-3-5-14(15)21-16/h3-9,17H,10H2,1-2H3,(H,18,19). The van der Waals surface area contributed by atoms with E-state index >= 15 is 0 Å². The Bertz CT molecular complexity index is 737. The molecule has 3 aromatic rings. The van der Waals surface area contributed by atoms with E-state index in [1.807, 2.05) is 18.2 Å². The minimum absolute atomic E-state index is 0.630. The van der Waals surface area contributed by atoms with Gasteiger partial charge in [-0.25, -0.2) is 4.98 Å². The van der Waals surface area contributed by atoms with E-state index in [0.29, 0.717) is 6.67 Å². The lowest BCUT2D eigenvalue weighted by Gasteiger charge is -2.07. The topological polar surface area (TPSA) is 46.2 Å². The SMILES string of the molecule is COc1cccc2sc(NCNc3ccc(C)cc3)nc12. The first-order chi connectivity index (χ1) is 10.3. The second-order valence-corrected chi connectivity index (χ2v) is 5.75. The molecule has 21 heavy (non-hydrogen) atoms. The molecule has 2 N–H and O–H groups in total. The van der Waals surface area contributed by atoms with Crippen molar-refractivity contribution in [3.05, 3.63) is 48.0 Å². The van der Waals surface area contributed by atoms with Crippen molar-refractivity contribution in [2.24, 2.45) is 0 Å². The Labute approximate surface area is 127 Å². The van der Waals surface area contributed by atoms with E-state index in [1.54, 1.807) is 18.4 Å². The van der Waals surface area contributed by atoms with E-state index in [2.05, 4.69) is 46.8 Å². The molecule has 5 heteroatoms. The highest BCUT2D eigenvalue weighted by atomic mass is 32.1. The molecule has 0 aliphatic heterocycles. The molecule has 0 spiro atoms. The summed E-state index contributed by atoms with van der Waals surface area (Å²) in [6, 6.07) is 14.3. The maximum absolute atomic E-state index is 5.33. The Kier molecular flexibility index (Phi) is 3.92. The maximum atomic E-state index is 5.33. The van der Waals surface area contributed by atoms with Gasteiger partial charge in [-0.3, -0.25) is 0 Å². The Morgan fingerprint density at radius 2 is 1.90 bits per heavy atom.